The van der Waals surface area contributed by atoms with Crippen molar-refractivity contribution in [1.82, 2.24) is 5.32 Å². The van der Waals surface area contributed by atoms with Gasteiger partial charge in [0.25, 0.3) is 0 Å². The molecule has 3 N–H and O–H groups in total. The molecular weight excluding hydrogens is 404 g/mol. The summed E-state index contributed by atoms with van der Waals surface area (Å²) in [6, 6.07) is 23.1. The smallest absolute Gasteiger partial charge is 0.407 e. The molecule has 0 aliphatic heterocycles. The van der Waals surface area contributed by atoms with Crippen LogP contribution in [0, 0.1) is 18.3 Å². The summed E-state index contributed by atoms with van der Waals surface area (Å²) in [6.45, 7) is 1.79. The third-order valence-electron chi connectivity index (χ3n) is 5.81. The van der Waals surface area contributed by atoms with Crippen LogP contribution in [0.25, 0.3) is 11.1 Å². The molecule has 0 aromatic heterocycles. The van der Waals surface area contributed by atoms with E-state index < -0.39 is 18.3 Å². The maximum Gasteiger partial charge on any atom is 0.407 e. The minimum absolute atomic E-state index is 0.0607. The van der Waals surface area contributed by atoms with Crippen LogP contribution in [0.2, 0.25) is 0 Å². The number of amides is 1. The number of nitrogens with one attached hydrogen (secondary N) is 1. The van der Waals surface area contributed by atoms with Crippen LogP contribution in [-0.2, 0) is 4.74 Å². The Morgan fingerprint density at radius 3 is 2.31 bits per heavy atom. The highest BCUT2D eigenvalue weighted by Crippen LogP contribution is 2.44. The Bertz CT molecular complexity index is 1140. The van der Waals surface area contributed by atoms with Crippen LogP contribution in [-0.4, -0.2) is 35.6 Å². The average Bonchev–Trinajstić information content (AvgIpc) is 3.14. The van der Waals surface area contributed by atoms with Gasteiger partial charge in [0.05, 0.1) is 11.6 Å². The van der Waals surface area contributed by atoms with Crippen LogP contribution >= 0.6 is 0 Å². The number of aliphatic hydroxyl groups is 2. The van der Waals surface area contributed by atoms with Gasteiger partial charge in [-0.1, -0.05) is 60.7 Å². The Morgan fingerprint density at radius 1 is 1.06 bits per heavy atom. The molecule has 1 amide bonds. The number of aliphatic hydroxyl groups excluding tert-OH is 2. The van der Waals surface area contributed by atoms with E-state index in [-0.39, 0.29) is 24.6 Å². The second-order valence-corrected chi connectivity index (χ2v) is 7.92. The van der Waals surface area contributed by atoms with Gasteiger partial charge in [-0.05, 0) is 40.8 Å². The van der Waals surface area contributed by atoms with E-state index in [0.717, 1.165) is 27.8 Å². The predicted molar refractivity (Wildman–Crippen MR) is 120 cm³/mol. The third-order valence-corrected chi connectivity index (χ3v) is 5.81. The largest absolute Gasteiger partial charge is 0.449 e. The van der Waals surface area contributed by atoms with Crippen molar-refractivity contribution in [3.05, 3.63) is 94.5 Å². The van der Waals surface area contributed by atoms with Gasteiger partial charge < -0.3 is 20.3 Å². The lowest BCUT2D eigenvalue weighted by atomic mass is 9.97. The van der Waals surface area contributed by atoms with Crippen LogP contribution in [0.3, 0.4) is 0 Å². The first-order valence-electron chi connectivity index (χ1n) is 10.4. The molecule has 2 unspecified atom stereocenters. The number of nitriles is 1. The molecule has 0 radical (unpaired) electrons. The first-order chi connectivity index (χ1) is 15.5. The van der Waals surface area contributed by atoms with E-state index in [1.54, 1.807) is 18.2 Å². The van der Waals surface area contributed by atoms with E-state index in [1.165, 1.54) is 0 Å². The van der Waals surface area contributed by atoms with Gasteiger partial charge in [0.15, 0.2) is 0 Å². The van der Waals surface area contributed by atoms with Crippen molar-refractivity contribution in [2.24, 2.45) is 0 Å². The van der Waals surface area contributed by atoms with Gasteiger partial charge >= 0.3 is 6.09 Å². The SMILES string of the molecule is Cc1ccc(C(O)C(O)CNC(=O)OCC2c3ccccc3-c3ccccc32)c(C#N)c1. The lowest BCUT2D eigenvalue weighted by Crippen LogP contribution is -2.36. The summed E-state index contributed by atoms with van der Waals surface area (Å²) < 4.78 is 5.44. The lowest BCUT2D eigenvalue weighted by molar-refractivity contribution is 0.0184. The summed E-state index contributed by atoms with van der Waals surface area (Å²) in [5.41, 5.74) is 5.99. The molecule has 1 aliphatic rings. The lowest BCUT2D eigenvalue weighted by Gasteiger charge is -2.20. The van der Waals surface area contributed by atoms with Gasteiger partial charge in [-0.3, -0.25) is 0 Å². The Hall–Kier alpha value is -3.66. The van der Waals surface area contributed by atoms with Crippen LogP contribution in [0.5, 0.6) is 0 Å². The molecule has 32 heavy (non-hydrogen) atoms. The number of nitrogens with zero attached hydrogens (tertiary/aromatic N) is 1. The molecule has 0 saturated carbocycles. The highest BCUT2D eigenvalue weighted by Gasteiger charge is 2.29. The number of hydrogen-bond acceptors (Lipinski definition) is 5. The number of aryl methyl sites for hydroxylation is 1. The summed E-state index contributed by atoms with van der Waals surface area (Å²) >= 11 is 0. The van der Waals surface area contributed by atoms with Crippen LogP contribution in [0.15, 0.2) is 66.7 Å². The number of fused-ring (bicyclic) bond motifs is 3. The second kappa shape index (κ2) is 9.23. The average molecular weight is 428 g/mol. The predicted octanol–water partition coefficient (Wildman–Crippen LogP) is 3.80. The Balaban J connectivity index is 1.36. The quantitative estimate of drug-likeness (QED) is 0.554. The van der Waals surface area contributed by atoms with Gasteiger partial charge in [0.1, 0.15) is 18.8 Å². The number of ether oxygens (including phenoxy) is 1. The Morgan fingerprint density at radius 2 is 1.69 bits per heavy atom. The Labute approximate surface area is 186 Å². The normalized spacial score (nSPS) is 14.1. The third kappa shape index (κ3) is 4.22. The van der Waals surface area contributed by atoms with Gasteiger partial charge in [-0.25, -0.2) is 4.79 Å². The van der Waals surface area contributed by atoms with Crippen LogP contribution in [0.4, 0.5) is 4.79 Å². The van der Waals surface area contributed by atoms with Crippen molar-refractivity contribution in [2.45, 2.75) is 25.0 Å². The number of hydrogen-bond donors (Lipinski definition) is 3. The number of benzene rings is 3. The van der Waals surface area contributed by atoms with Crippen LogP contribution in [0.1, 0.15) is 39.8 Å². The van der Waals surface area contributed by atoms with Crippen molar-refractivity contribution in [3.63, 3.8) is 0 Å². The van der Waals surface area contributed by atoms with Crippen molar-refractivity contribution in [1.29, 1.82) is 5.26 Å². The van der Waals surface area contributed by atoms with Crippen molar-refractivity contribution < 1.29 is 19.7 Å². The van der Waals surface area contributed by atoms with E-state index in [1.807, 2.05) is 49.4 Å². The van der Waals surface area contributed by atoms with Crippen LogP contribution < -0.4 is 5.32 Å². The zero-order valence-electron chi connectivity index (χ0n) is 17.7. The van der Waals surface area contributed by atoms with Crippen molar-refractivity contribution in [3.8, 4) is 17.2 Å². The summed E-state index contributed by atoms with van der Waals surface area (Å²) in [7, 11) is 0. The molecule has 6 nitrogen and oxygen atoms in total. The summed E-state index contributed by atoms with van der Waals surface area (Å²) in [5.74, 6) is -0.0607. The number of carbonyl (C=O) groups is 1. The maximum atomic E-state index is 12.3. The fourth-order valence-electron chi connectivity index (χ4n) is 4.18. The molecule has 1 aliphatic carbocycles. The van der Waals surface area contributed by atoms with E-state index in [4.69, 9.17) is 4.74 Å². The van der Waals surface area contributed by atoms with Crippen molar-refractivity contribution >= 4 is 6.09 Å². The molecule has 0 fully saturated rings. The zero-order chi connectivity index (χ0) is 22.7. The zero-order valence-corrected chi connectivity index (χ0v) is 17.7. The number of rotatable bonds is 6. The van der Waals surface area contributed by atoms with E-state index in [9.17, 15) is 20.3 Å². The highest BCUT2D eigenvalue weighted by atomic mass is 16.5. The van der Waals surface area contributed by atoms with E-state index in [2.05, 4.69) is 17.4 Å². The minimum Gasteiger partial charge on any atom is -0.449 e. The molecular formula is C26H24N2O4. The number of carbonyl (C=O) groups excluding carboxylic acids is 1. The van der Waals surface area contributed by atoms with E-state index >= 15 is 0 Å². The molecule has 0 heterocycles. The molecule has 3 aromatic carbocycles. The fraction of sp³-hybridized carbons (Fsp3) is 0.231. The fourth-order valence-corrected chi connectivity index (χ4v) is 4.18. The molecule has 0 spiro atoms. The highest BCUT2D eigenvalue weighted by molar-refractivity contribution is 5.79. The monoisotopic (exact) mass is 428 g/mol. The molecule has 4 rings (SSSR count). The van der Waals surface area contributed by atoms with Gasteiger partial charge in [0.2, 0.25) is 0 Å². The summed E-state index contributed by atoms with van der Waals surface area (Å²) in [6.07, 6.45) is -3.27. The standard InChI is InChI=1S/C26H24N2O4/c1-16-10-11-18(17(12-16)13-27)25(30)24(29)14-28-26(31)32-15-23-21-8-4-2-6-19(21)20-7-3-5-9-22(20)23/h2-12,23-25,29-30H,14-15H2,1H3,(H,28,31). The maximum absolute atomic E-state index is 12.3. The topological polar surface area (TPSA) is 103 Å². The summed E-state index contributed by atoms with van der Waals surface area (Å²) in [5, 5.41) is 32.5. The first-order valence-corrected chi connectivity index (χ1v) is 10.4. The molecule has 0 saturated heterocycles. The first kappa shape index (κ1) is 21.6. The molecule has 0 bridgehead atoms. The molecule has 6 heteroatoms. The number of alkyl carbamates (subject to hydrolysis) is 1. The van der Waals surface area contributed by atoms with Gasteiger partial charge in [0, 0.05) is 18.0 Å². The minimum atomic E-state index is -1.31. The second-order valence-electron chi connectivity index (χ2n) is 7.92. The molecule has 3 aromatic rings. The van der Waals surface area contributed by atoms with E-state index in [0.29, 0.717) is 5.56 Å². The van der Waals surface area contributed by atoms with Gasteiger partial charge in [-0.2, -0.15) is 5.26 Å². The molecule has 2 atom stereocenters. The summed E-state index contributed by atoms with van der Waals surface area (Å²) in [4.78, 5) is 12.3. The van der Waals surface area contributed by atoms with Crippen molar-refractivity contribution in [2.75, 3.05) is 13.2 Å². The van der Waals surface area contributed by atoms with Gasteiger partial charge in [-0.15, -0.1) is 0 Å². The Kier molecular flexibility index (Phi) is 6.22. The molecule has 162 valence electrons.